The maximum absolute atomic E-state index is 13.8. The number of hydrogen-bond donors (Lipinski definition) is 1. The molecule has 1 aromatic carbocycles. The molecule has 0 fully saturated rings. The monoisotopic (exact) mass is 225 g/mol. The summed E-state index contributed by atoms with van der Waals surface area (Å²) >= 11 is 0. The van der Waals surface area contributed by atoms with Crippen LogP contribution in [0.5, 0.6) is 0 Å². The summed E-state index contributed by atoms with van der Waals surface area (Å²) in [5, 5.41) is 9.36. The number of anilines is 1. The molecule has 0 aromatic heterocycles. The van der Waals surface area contributed by atoms with Gasteiger partial charge in [-0.2, -0.15) is 0 Å². The SMILES string of the molecule is CCCN(CC)c1ccc([C@H](C)O)cc1F. The minimum absolute atomic E-state index is 0.256. The Balaban J connectivity index is 2.96. The zero-order chi connectivity index (χ0) is 12.1. The number of rotatable bonds is 5. The van der Waals surface area contributed by atoms with Crippen molar-refractivity contribution in [2.45, 2.75) is 33.3 Å². The molecule has 0 saturated heterocycles. The van der Waals surface area contributed by atoms with Gasteiger partial charge in [0.2, 0.25) is 0 Å². The smallest absolute Gasteiger partial charge is 0.146 e. The van der Waals surface area contributed by atoms with E-state index in [0.29, 0.717) is 11.3 Å². The third-order valence-corrected chi connectivity index (χ3v) is 2.67. The second-order valence-electron chi connectivity index (χ2n) is 3.97. The second-order valence-corrected chi connectivity index (χ2v) is 3.97. The van der Waals surface area contributed by atoms with E-state index in [2.05, 4.69) is 6.92 Å². The van der Waals surface area contributed by atoms with Crippen molar-refractivity contribution in [3.63, 3.8) is 0 Å². The quantitative estimate of drug-likeness (QED) is 0.832. The van der Waals surface area contributed by atoms with Crippen LogP contribution < -0.4 is 4.90 Å². The molecule has 3 heteroatoms. The van der Waals surface area contributed by atoms with Crippen molar-refractivity contribution in [1.82, 2.24) is 0 Å². The molecule has 1 aromatic rings. The van der Waals surface area contributed by atoms with Gasteiger partial charge in [0.25, 0.3) is 0 Å². The highest BCUT2D eigenvalue weighted by molar-refractivity contribution is 5.49. The molecule has 0 aliphatic carbocycles. The molecule has 90 valence electrons. The van der Waals surface area contributed by atoms with Crippen LogP contribution >= 0.6 is 0 Å². The largest absolute Gasteiger partial charge is 0.389 e. The Bertz CT molecular complexity index is 339. The van der Waals surface area contributed by atoms with E-state index < -0.39 is 6.10 Å². The van der Waals surface area contributed by atoms with E-state index in [1.807, 2.05) is 11.8 Å². The first-order valence-electron chi connectivity index (χ1n) is 5.82. The van der Waals surface area contributed by atoms with Gasteiger partial charge in [0, 0.05) is 13.1 Å². The lowest BCUT2D eigenvalue weighted by molar-refractivity contribution is 0.199. The lowest BCUT2D eigenvalue weighted by Gasteiger charge is -2.23. The van der Waals surface area contributed by atoms with Crippen LogP contribution in [0, 0.1) is 5.82 Å². The van der Waals surface area contributed by atoms with Crippen molar-refractivity contribution in [3.8, 4) is 0 Å². The third-order valence-electron chi connectivity index (χ3n) is 2.67. The predicted molar refractivity (Wildman–Crippen MR) is 65.2 cm³/mol. The number of halogens is 1. The van der Waals surface area contributed by atoms with Crippen LogP contribution in [0.3, 0.4) is 0 Å². The van der Waals surface area contributed by atoms with E-state index in [-0.39, 0.29) is 5.82 Å². The fraction of sp³-hybridized carbons (Fsp3) is 0.538. The van der Waals surface area contributed by atoms with Crippen molar-refractivity contribution in [3.05, 3.63) is 29.6 Å². The Morgan fingerprint density at radius 2 is 2.06 bits per heavy atom. The molecule has 2 nitrogen and oxygen atoms in total. The lowest BCUT2D eigenvalue weighted by atomic mass is 10.1. The van der Waals surface area contributed by atoms with Crippen molar-refractivity contribution >= 4 is 5.69 Å². The van der Waals surface area contributed by atoms with Gasteiger partial charge < -0.3 is 10.0 Å². The van der Waals surface area contributed by atoms with Crippen molar-refractivity contribution in [1.29, 1.82) is 0 Å². The van der Waals surface area contributed by atoms with E-state index >= 15 is 0 Å². The van der Waals surface area contributed by atoms with Crippen LogP contribution in [0.15, 0.2) is 18.2 Å². The third kappa shape index (κ3) is 2.95. The van der Waals surface area contributed by atoms with Gasteiger partial charge in [-0.05, 0) is 38.0 Å². The number of hydrogen-bond acceptors (Lipinski definition) is 2. The molecule has 0 saturated carbocycles. The maximum Gasteiger partial charge on any atom is 0.146 e. The van der Waals surface area contributed by atoms with E-state index in [4.69, 9.17) is 0 Å². The standard InChI is InChI=1S/C13H20FNO/c1-4-8-15(5-2)13-7-6-11(10(3)16)9-12(13)14/h6-7,9-10,16H,4-5,8H2,1-3H3/t10-/m0/s1. The second kappa shape index (κ2) is 5.85. The van der Waals surface area contributed by atoms with Gasteiger partial charge in [0.15, 0.2) is 0 Å². The summed E-state index contributed by atoms with van der Waals surface area (Å²) < 4.78 is 13.8. The van der Waals surface area contributed by atoms with E-state index in [0.717, 1.165) is 19.5 Å². The average Bonchev–Trinajstić information content (AvgIpc) is 2.26. The van der Waals surface area contributed by atoms with Crippen LogP contribution in [0.2, 0.25) is 0 Å². The van der Waals surface area contributed by atoms with Gasteiger partial charge in [0.1, 0.15) is 5.82 Å². The Kier molecular flexibility index (Phi) is 4.74. The zero-order valence-electron chi connectivity index (χ0n) is 10.2. The Labute approximate surface area is 96.7 Å². The molecule has 0 unspecified atom stereocenters. The topological polar surface area (TPSA) is 23.5 Å². The minimum Gasteiger partial charge on any atom is -0.389 e. The Morgan fingerprint density at radius 3 is 2.50 bits per heavy atom. The molecule has 0 aliphatic rings. The van der Waals surface area contributed by atoms with Crippen molar-refractivity contribution < 1.29 is 9.50 Å². The number of nitrogens with zero attached hydrogens (tertiary/aromatic N) is 1. The molecular weight excluding hydrogens is 205 g/mol. The summed E-state index contributed by atoms with van der Waals surface area (Å²) in [6.45, 7) is 7.36. The first-order valence-corrected chi connectivity index (χ1v) is 5.82. The molecule has 1 N–H and O–H groups in total. The first kappa shape index (κ1) is 13.0. The van der Waals surface area contributed by atoms with Crippen LogP contribution in [0.4, 0.5) is 10.1 Å². The summed E-state index contributed by atoms with van der Waals surface area (Å²) in [5.74, 6) is -0.256. The average molecular weight is 225 g/mol. The normalized spacial score (nSPS) is 12.6. The molecule has 0 bridgehead atoms. The molecule has 16 heavy (non-hydrogen) atoms. The maximum atomic E-state index is 13.8. The Hall–Kier alpha value is -1.09. The van der Waals surface area contributed by atoms with Crippen LogP contribution in [0.1, 0.15) is 38.9 Å². The van der Waals surface area contributed by atoms with E-state index in [9.17, 15) is 9.50 Å². The predicted octanol–water partition coefficient (Wildman–Crippen LogP) is 3.12. The fourth-order valence-electron chi connectivity index (χ4n) is 1.76. The minimum atomic E-state index is -0.621. The van der Waals surface area contributed by atoms with E-state index in [1.54, 1.807) is 19.1 Å². The summed E-state index contributed by atoms with van der Waals surface area (Å²) in [4.78, 5) is 2.00. The fourth-order valence-corrected chi connectivity index (χ4v) is 1.76. The van der Waals surface area contributed by atoms with Crippen molar-refractivity contribution in [2.24, 2.45) is 0 Å². The van der Waals surface area contributed by atoms with Gasteiger partial charge in [-0.15, -0.1) is 0 Å². The van der Waals surface area contributed by atoms with Gasteiger partial charge in [0.05, 0.1) is 11.8 Å². The number of aliphatic hydroxyl groups is 1. The summed E-state index contributed by atoms with van der Waals surface area (Å²) in [5.41, 5.74) is 1.24. The highest BCUT2D eigenvalue weighted by Crippen LogP contribution is 2.23. The van der Waals surface area contributed by atoms with Crippen molar-refractivity contribution in [2.75, 3.05) is 18.0 Å². The molecule has 1 rings (SSSR count). The molecule has 0 aliphatic heterocycles. The van der Waals surface area contributed by atoms with Crippen LogP contribution in [-0.2, 0) is 0 Å². The Morgan fingerprint density at radius 1 is 1.38 bits per heavy atom. The molecule has 0 spiro atoms. The van der Waals surface area contributed by atoms with Gasteiger partial charge in [-0.3, -0.25) is 0 Å². The van der Waals surface area contributed by atoms with Gasteiger partial charge >= 0.3 is 0 Å². The highest BCUT2D eigenvalue weighted by Gasteiger charge is 2.11. The van der Waals surface area contributed by atoms with Crippen LogP contribution in [0.25, 0.3) is 0 Å². The number of benzene rings is 1. The molecule has 0 amide bonds. The van der Waals surface area contributed by atoms with Gasteiger partial charge in [-0.1, -0.05) is 13.0 Å². The molecule has 0 radical (unpaired) electrons. The molecule has 0 heterocycles. The number of aliphatic hydroxyl groups excluding tert-OH is 1. The van der Waals surface area contributed by atoms with Crippen LogP contribution in [-0.4, -0.2) is 18.2 Å². The summed E-state index contributed by atoms with van der Waals surface area (Å²) in [7, 11) is 0. The lowest BCUT2D eigenvalue weighted by Crippen LogP contribution is -2.24. The first-order chi connectivity index (χ1) is 7.60. The zero-order valence-corrected chi connectivity index (χ0v) is 10.2. The highest BCUT2D eigenvalue weighted by atomic mass is 19.1. The molecular formula is C13H20FNO. The summed E-state index contributed by atoms with van der Waals surface area (Å²) in [6, 6.07) is 4.94. The van der Waals surface area contributed by atoms with Gasteiger partial charge in [-0.25, -0.2) is 4.39 Å². The summed E-state index contributed by atoms with van der Waals surface area (Å²) in [6.07, 6.45) is 0.371. The van der Waals surface area contributed by atoms with E-state index in [1.165, 1.54) is 6.07 Å². The molecule has 1 atom stereocenters.